The topological polar surface area (TPSA) is 177 Å². The molecule has 4 aliphatic rings. The number of piperidine rings is 1. The molecule has 3 N–H and O–H groups in total. The molecule has 4 aromatic carbocycles. The number of amides is 1. The van der Waals surface area contributed by atoms with Crippen LogP contribution in [0.5, 0.6) is 17.5 Å². The lowest BCUT2D eigenvalue weighted by Crippen LogP contribution is -2.56. The number of carbonyl (C=O) groups is 1. The van der Waals surface area contributed by atoms with Gasteiger partial charge in [0.05, 0.1) is 47.0 Å². The number of aromatic hydroxyl groups is 3. The number of nitrogens with zero attached hydrogens (tertiary/aromatic N) is 12. The Balaban J connectivity index is 0.786. The maximum Gasteiger partial charge on any atom is 0.319 e. The second kappa shape index (κ2) is 20.6. The first-order valence-corrected chi connectivity index (χ1v) is 25.3. The highest BCUT2D eigenvalue weighted by Gasteiger charge is 2.36. The quantitative estimate of drug-likeness (QED) is 0.101. The molecule has 0 bridgehead atoms. The number of phenols is 2. The van der Waals surface area contributed by atoms with Gasteiger partial charge in [-0.25, -0.2) is 13.9 Å². The largest absolute Gasteiger partial charge is 0.508 e. The van der Waals surface area contributed by atoms with E-state index in [4.69, 9.17) is 21.6 Å². The number of hydrogen-bond acceptors (Lipinski definition) is 14. The minimum absolute atomic E-state index is 0.000616. The summed E-state index contributed by atoms with van der Waals surface area (Å²) in [5.74, 6) is 0.380. The van der Waals surface area contributed by atoms with Crippen LogP contribution in [0.4, 0.5) is 21.8 Å². The third kappa shape index (κ3) is 9.82. The van der Waals surface area contributed by atoms with Crippen LogP contribution in [-0.4, -0.2) is 139 Å². The number of halogens is 2. The van der Waals surface area contributed by atoms with Gasteiger partial charge in [0.2, 0.25) is 5.95 Å². The Morgan fingerprint density at radius 2 is 1.60 bits per heavy atom. The van der Waals surface area contributed by atoms with Crippen molar-refractivity contribution < 1.29 is 24.5 Å². The van der Waals surface area contributed by atoms with Crippen LogP contribution in [0.1, 0.15) is 61.4 Å². The van der Waals surface area contributed by atoms with Gasteiger partial charge in [0.15, 0.2) is 11.7 Å². The molecule has 6 aromatic rings. The number of phenolic OH excluding ortho intramolecular Hbond substituents is 2. The van der Waals surface area contributed by atoms with E-state index in [-0.39, 0.29) is 42.2 Å². The highest BCUT2D eigenvalue weighted by molar-refractivity contribution is 6.36. The van der Waals surface area contributed by atoms with Crippen LogP contribution in [0, 0.1) is 17.2 Å². The molecule has 10 rings (SSSR count). The van der Waals surface area contributed by atoms with Gasteiger partial charge in [0.1, 0.15) is 17.3 Å². The number of hydrogen-bond donors (Lipinski definition) is 3. The van der Waals surface area contributed by atoms with Crippen LogP contribution >= 0.6 is 11.6 Å². The fourth-order valence-electron chi connectivity index (χ4n) is 11.0. The Hall–Kier alpha value is -7.00. The molecule has 0 saturated carbocycles. The molecule has 2 aromatic heterocycles. The number of benzene rings is 4. The van der Waals surface area contributed by atoms with Crippen molar-refractivity contribution in [1.29, 1.82) is 5.26 Å². The maximum absolute atomic E-state index is 14.1. The lowest BCUT2D eigenvalue weighted by Gasteiger charge is -2.43. The average molecular weight is 996 g/mol. The Morgan fingerprint density at radius 1 is 0.861 bits per heavy atom. The molecule has 1 atom stereocenters. The Labute approximate surface area is 423 Å². The SMILES string of the molecule is C=C(F)C(=O)N1CCN(c2nc(N3CCC(CN4CCN(Cc5ccc(-n6c(O)nnc6-c6cc(C(C)C)c(O)cc6O)cc5)CC4)CC3)nc3c2CCN(c2cccc4cccc(Cl)c24)C3)C[C@@H]1CC#N. The molecule has 72 heavy (non-hydrogen) atoms. The molecule has 6 heterocycles. The fraction of sp³-hybridized carbons (Fsp3) is 0.407. The van der Waals surface area contributed by atoms with Crippen molar-refractivity contribution in [1.82, 2.24) is 39.4 Å². The normalized spacial score (nSPS) is 18.2. The third-order valence-electron chi connectivity index (χ3n) is 14.9. The fourth-order valence-corrected chi connectivity index (χ4v) is 11.3. The number of rotatable bonds is 12. The Bertz CT molecular complexity index is 3030. The number of aromatic nitrogens is 5. The number of nitriles is 1. The van der Waals surface area contributed by atoms with E-state index in [0.717, 1.165) is 111 Å². The number of anilines is 3. The van der Waals surface area contributed by atoms with Gasteiger partial charge in [-0.1, -0.05) is 73.5 Å². The summed E-state index contributed by atoms with van der Waals surface area (Å²) in [5, 5.41) is 52.5. The van der Waals surface area contributed by atoms with Crippen LogP contribution in [0.3, 0.4) is 0 Å². The second-order valence-corrected chi connectivity index (χ2v) is 20.2. The summed E-state index contributed by atoms with van der Waals surface area (Å²) in [6, 6.07) is 24.6. The third-order valence-corrected chi connectivity index (χ3v) is 15.3. The van der Waals surface area contributed by atoms with Gasteiger partial charge >= 0.3 is 6.01 Å². The van der Waals surface area contributed by atoms with Crippen LogP contribution in [0.15, 0.2) is 85.2 Å². The van der Waals surface area contributed by atoms with Crippen molar-refractivity contribution in [2.45, 2.75) is 64.6 Å². The Morgan fingerprint density at radius 3 is 2.32 bits per heavy atom. The molecule has 4 aliphatic heterocycles. The molecule has 3 saturated heterocycles. The van der Waals surface area contributed by atoms with Crippen LogP contribution in [0.2, 0.25) is 5.02 Å². The van der Waals surface area contributed by atoms with E-state index in [1.807, 2.05) is 50.2 Å². The molecule has 16 nitrogen and oxygen atoms in total. The van der Waals surface area contributed by atoms with Crippen molar-refractivity contribution >= 4 is 45.7 Å². The summed E-state index contributed by atoms with van der Waals surface area (Å²) >= 11 is 6.82. The van der Waals surface area contributed by atoms with Gasteiger partial charge in [0, 0.05) is 101 Å². The van der Waals surface area contributed by atoms with Gasteiger partial charge in [0.25, 0.3) is 5.91 Å². The monoisotopic (exact) mass is 994 g/mol. The van der Waals surface area contributed by atoms with E-state index in [9.17, 15) is 29.8 Å². The number of piperazine rings is 2. The first-order chi connectivity index (χ1) is 34.8. The van der Waals surface area contributed by atoms with Crippen molar-refractivity contribution in [3.8, 4) is 40.7 Å². The smallest absolute Gasteiger partial charge is 0.319 e. The Kier molecular flexibility index (Phi) is 13.9. The van der Waals surface area contributed by atoms with E-state index < -0.39 is 17.8 Å². The van der Waals surface area contributed by atoms with Gasteiger partial charge in [-0.2, -0.15) is 10.2 Å². The predicted octanol–water partition coefficient (Wildman–Crippen LogP) is 7.78. The summed E-state index contributed by atoms with van der Waals surface area (Å²) in [7, 11) is 0. The molecule has 0 aliphatic carbocycles. The minimum Gasteiger partial charge on any atom is -0.508 e. The molecular formula is C54H60ClFN12O4. The predicted molar refractivity (Wildman–Crippen MR) is 276 cm³/mol. The summed E-state index contributed by atoms with van der Waals surface area (Å²) in [6.07, 6.45) is 2.78. The van der Waals surface area contributed by atoms with Crippen molar-refractivity contribution in [3.05, 3.63) is 113 Å². The second-order valence-electron chi connectivity index (χ2n) is 19.8. The van der Waals surface area contributed by atoms with E-state index >= 15 is 0 Å². The molecule has 3 fully saturated rings. The highest BCUT2D eigenvalue weighted by Crippen LogP contribution is 2.40. The molecule has 1 amide bonds. The van der Waals surface area contributed by atoms with Crippen molar-refractivity contribution in [3.63, 3.8) is 0 Å². The van der Waals surface area contributed by atoms with Crippen molar-refractivity contribution in [2.75, 3.05) is 86.7 Å². The standard InChI is InChI=1S/C54H60ClFN12O4/c1-34(2)42-28-43(48(70)29-47(42)69)51-60-61-54(72)68(51)39-12-10-36(11-13-39)30-62-22-24-63(25-23-62)31-37-15-19-64(20-16-37)53-58-45-33-65(46-9-5-7-38-6-4-8-44(55)49(38)46)21-17-41(45)50(59-53)66-26-27-67(52(71)35(3)56)40(32-66)14-18-57/h4-13,28-29,34,37,40,69-70H,3,14-17,19-27,30-33H2,1-2H3,(H,61,72)/t40-/m0/s1. The average Bonchev–Trinajstić information content (AvgIpc) is 3.76. The minimum atomic E-state index is -1.02. The zero-order valence-electron chi connectivity index (χ0n) is 40.8. The van der Waals surface area contributed by atoms with Crippen LogP contribution in [-0.2, 0) is 24.3 Å². The lowest BCUT2D eigenvalue weighted by molar-refractivity contribution is -0.131. The maximum atomic E-state index is 14.1. The highest BCUT2D eigenvalue weighted by atomic mass is 35.5. The van der Waals surface area contributed by atoms with E-state index in [0.29, 0.717) is 59.8 Å². The first kappa shape index (κ1) is 48.6. The molecular weight excluding hydrogens is 935 g/mol. The lowest BCUT2D eigenvalue weighted by atomic mass is 9.96. The van der Waals surface area contributed by atoms with Gasteiger partial charge in [-0.05, 0) is 77.9 Å². The zero-order chi connectivity index (χ0) is 50.2. The molecule has 18 heteroatoms. The number of fused-ring (bicyclic) bond motifs is 2. The zero-order valence-corrected chi connectivity index (χ0v) is 41.5. The first-order valence-electron chi connectivity index (χ1n) is 24.9. The summed E-state index contributed by atoms with van der Waals surface area (Å²) in [6.45, 7) is 16.8. The molecule has 0 unspecified atom stereocenters. The molecule has 0 spiro atoms. The number of carbonyl (C=O) groups excluding carboxylic acids is 1. The molecule has 0 radical (unpaired) electrons. The van der Waals surface area contributed by atoms with E-state index in [1.165, 1.54) is 15.5 Å². The van der Waals surface area contributed by atoms with Crippen LogP contribution < -0.4 is 14.7 Å². The van der Waals surface area contributed by atoms with Crippen LogP contribution in [0.25, 0.3) is 27.8 Å². The van der Waals surface area contributed by atoms with Gasteiger partial charge in [-0.15, -0.1) is 5.10 Å². The summed E-state index contributed by atoms with van der Waals surface area (Å²) < 4.78 is 15.6. The van der Waals surface area contributed by atoms with Gasteiger partial charge in [-0.3, -0.25) is 9.69 Å². The van der Waals surface area contributed by atoms with E-state index in [1.54, 1.807) is 6.07 Å². The van der Waals surface area contributed by atoms with E-state index in [2.05, 4.69) is 71.6 Å². The summed E-state index contributed by atoms with van der Waals surface area (Å²) in [4.78, 5) is 36.7. The van der Waals surface area contributed by atoms with Crippen molar-refractivity contribution in [2.24, 2.45) is 5.92 Å². The molecule has 374 valence electrons. The van der Waals surface area contributed by atoms with Gasteiger partial charge < -0.3 is 39.8 Å². The summed E-state index contributed by atoms with van der Waals surface area (Å²) in [5.41, 5.74) is 5.89.